The topological polar surface area (TPSA) is 38.3 Å². The number of halogens is 3. The van der Waals surface area contributed by atoms with Gasteiger partial charge in [0.2, 0.25) is 0 Å². The van der Waals surface area contributed by atoms with E-state index < -0.39 is 0 Å². The first-order chi connectivity index (χ1) is 8.13. The van der Waals surface area contributed by atoms with Gasteiger partial charge in [0.15, 0.2) is 0 Å². The second-order valence-corrected chi connectivity index (χ2v) is 5.84. The van der Waals surface area contributed by atoms with Gasteiger partial charge in [0, 0.05) is 26.4 Å². The van der Waals surface area contributed by atoms with Gasteiger partial charge < -0.3 is 10.1 Å². The fourth-order valence-electron chi connectivity index (χ4n) is 1.18. The largest absolute Gasteiger partial charge is 0.379 e. The zero-order valence-electron chi connectivity index (χ0n) is 9.01. The number of hydrogen-bond acceptors (Lipinski definition) is 2. The van der Waals surface area contributed by atoms with Crippen molar-refractivity contribution in [3.63, 3.8) is 0 Å². The summed E-state index contributed by atoms with van der Waals surface area (Å²) in [6.07, 6.45) is 0. The first-order valence-corrected chi connectivity index (χ1v) is 7.72. The van der Waals surface area contributed by atoms with E-state index in [2.05, 4.69) is 53.1 Å². The number of rotatable bonds is 6. The van der Waals surface area contributed by atoms with Gasteiger partial charge >= 0.3 is 0 Å². The Morgan fingerprint density at radius 1 is 1.18 bits per heavy atom. The van der Waals surface area contributed by atoms with E-state index in [1.807, 2.05) is 6.07 Å². The van der Waals surface area contributed by atoms with Gasteiger partial charge in [-0.3, -0.25) is 4.79 Å². The molecule has 0 aliphatic carbocycles. The van der Waals surface area contributed by atoms with E-state index in [1.165, 1.54) is 0 Å². The third-order valence-electron chi connectivity index (χ3n) is 1.88. The van der Waals surface area contributed by atoms with Crippen LogP contribution in [0, 0.1) is 0 Å². The van der Waals surface area contributed by atoms with Gasteiger partial charge in [-0.1, -0.05) is 47.8 Å². The van der Waals surface area contributed by atoms with Crippen LogP contribution in [0.1, 0.15) is 10.4 Å². The van der Waals surface area contributed by atoms with Crippen LogP contribution in [0.4, 0.5) is 0 Å². The molecule has 6 heteroatoms. The molecule has 0 spiro atoms. The van der Waals surface area contributed by atoms with Crippen LogP contribution in [-0.4, -0.2) is 31.0 Å². The first kappa shape index (κ1) is 15.1. The highest BCUT2D eigenvalue weighted by molar-refractivity contribution is 9.11. The zero-order chi connectivity index (χ0) is 12.7. The maximum atomic E-state index is 11.8. The third-order valence-corrected chi connectivity index (χ3v) is 3.12. The summed E-state index contributed by atoms with van der Waals surface area (Å²) < 4.78 is 6.97. The van der Waals surface area contributed by atoms with E-state index in [-0.39, 0.29) is 5.91 Å². The number of alkyl halides is 1. The maximum absolute atomic E-state index is 11.8. The molecule has 0 saturated heterocycles. The normalized spacial score (nSPS) is 10.3. The van der Waals surface area contributed by atoms with E-state index >= 15 is 0 Å². The minimum Gasteiger partial charge on any atom is -0.379 e. The predicted molar refractivity (Wildman–Crippen MR) is 78.8 cm³/mol. The Balaban J connectivity index is 2.41. The predicted octanol–water partition coefficient (Wildman–Crippen LogP) is 3.35. The van der Waals surface area contributed by atoms with Crippen LogP contribution in [0.3, 0.4) is 0 Å². The quantitative estimate of drug-likeness (QED) is 0.556. The average Bonchev–Trinajstić information content (AvgIpc) is 2.27. The van der Waals surface area contributed by atoms with Crippen molar-refractivity contribution in [2.75, 3.05) is 25.1 Å². The lowest BCUT2D eigenvalue weighted by molar-refractivity contribution is 0.0924. The monoisotopic (exact) mass is 427 g/mol. The second kappa shape index (κ2) is 8.24. The van der Waals surface area contributed by atoms with Gasteiger partial charge in [-0.25, -0.2) is 0 Å². The molecule has 0 radical (unpaired) electrons. The Labute approximate surface area is 126 Å². The molecule has 0 bridgehead atoms. The molecule has 94 valence electrons. The summed E-state index contributed by atoms with van der Waals surface area (Å²) in [7, 11) is 0. The van der Waals surface area contributed by atoms with Gasteiger partial charge in [0.05, 0.1) is 13.2 Å². The molecule has 0 aliphatic rings. The van der Waals surface area contributed by atoms with Crippen LogP contribution in [-0.2, 0) is 4.74 Å². The number of hydrogen-bond donors (Lipinski definition) is 1. The average molecular weight is 430 g/mol. The lowest BCUT2D eigenvalue weighted by Crippen LogP contribution is -2.27. The molecule has 1 rings (SSSR count). The SMILES string of the molecule is O=C(NCCOCCBr)c1cc(Br)cc(Br)c1. The summed E-state index contributed by atoms with van der Waals surface area (Å²) in [5, 5.41) is 3.60. The molecule has 0 unspecified atom stereocenters. The summed E-state index contributed by atoms with van der Waals surface area (Å²) in [5.74, 6) is -0.102. The Hall–Kier alpha value is 0.0900. The molecule has 0 atom stereocenters. The lowest BCUT2D eigenvalue weighted by Gasteiger charge is -2.06. The first-order valence-electron chi connectivity index (χ1n) is 5.01. The fourth-order valence-corrected chi connectivity index (χ4v) is 2.70. The summed E-state index contributed by atoms with van der Waals surface area (Å²) in [6.45, 7) is 1.68. The number of ether oxygens (including phenoxy) is 1. The molecule has 1 aromatic rings. The molecular formula is C11H12Br3NO2. The van der Waals surface area contributed by atoms with E-state index in [1.54, 1.807) is 12.1 Å². The smallest absolute Gasteiger partial charge is 0.251 e. The van der Waals surface area contributed by atoms with Gasteiger partial charge in [-0.2, -0.15) is 0 Å². The van der Waals surface area contributed by atoms with Crippen molar-refractivity contribution >= 4 is 53.7 Å². The Kier molecular flexibility index (Phi) is 7.34. The zero-order valence-corrected chi connectivity index (χ0v) is 13.8. The number of benzene rings is 1. The maximum Gasteiger partial charge on any atom is 0.251 e. The number of nitrogens with one attached hydrogen (secondary N) is 1. The van der Waals surface area contributed by atoms with Crippen LogP contribution in [0.15, 0.2) is 27.1 Å². The van der Waals surface area contributed by atoms with Crippen molar-refractivity contribution in [3.8, 4) is 0 Å². The minimum atomic E-state index is -0.102. The van der Waals surface area contributed by atoms with Crippen molar-refractivity contribution in [2.45, 2.75) is 0 Å². The molecule has 0 heterocycles. The number of amides is 1. The molecule has 1 aromatic carbocycles. The van der Waals surface area contributed by atoms with Crippen molar-refractivity contribution in [1.29, 1.82) is 0 Å². The Morgan fingerprint density at radius 2 is 1.82 bits per heavy atom. The van der Waals surface area contributed by atoms with Crippen molar-refractivity contribution in [2.24, 2.45) is 0 Å². The summed E-state index contributed by atoms with van der Waals surface area (Å²) in [4.78, 5) is 11.8. The molecular weight excluding hydrogens is 418 g/mol. The van der Waals surface area contributed by atoms with Gasteiger partial charge in [0.25, 0.3) is 5.91 Å². The van der Waals surface area contributed by atoms with Crippen molar-refractivity contribution in [3.05, 3.63) is 32.7 Å². The molecule has 0 aromatic heterocycles. The highest BCUT2D eigenvalue weighted by Crippen LogP contribution is 2.19. The van der Waals surface area contributed by atoms with Crippen LogP contribution >= 0.6 is 47.8 Å². The summed E-state index contributed by atoms with van der Waals surface area (Å²) >= 11 is 9.95. The lowest BCUT2D eigenvalue weighted by atomic mass is 10.2. The van der Waals surface area contributed by atoms with E-state index in [9.17, 15) is 4.79 Å². The van der Waals surface area contributed by atoms with Gasteiger partial charge in [0.1, 0.15) is 0 Å². The van der Waals surface area contributed by atoms with E-state index in [0.29, 0.717) is 25.3 Å². The van der Waals surface area contributed by atoms with Crippen molar-refractivity contribution < 1.29 is 9.53 Å². The van der Waals surface area contributed by atoms with Crippen LogP contribution < -0.4 is 5.32 Å². The molecule has 1 N–H and O–H groups in total. The van der Waals surface area contributed by atoms with Gasteiger partial charge in [-0.05, 0) is 18.2 Å². The highest BCUT2D eigenvalue weighted by Gasteiger charge is 2.06. The Morgan fingerprint density at radius 3 is 2.41 bits per heavy atom. The third kappa shape index (κ3) is 5.99. The highest BCUT2D eigenvalue weighted by atomic mass is 79.9. The molecule has 3 nitrogen and oxygen atoms in total. The van der Waals surface area contributed by atoms with Crippen molar-refractivity contribution in [1.82, 2.24) is 5.32 Å². The van der Waals surface area contributed by atoms with Crippen LogP contribution in [0.5, 0.6) is 0 Å². The minimum absolute atomic E-state index is 0.102. The summed E-state index contributed by atoms with van der Waals surface area (Å²) in [6, 6.07) is 5.44. The second-order valence-electron chi connectivity index (χ2n) is 3.22. The Bertz CT molecular complexity index is 365. The molecule has 17 heavy (non-hydrogen) atoms. The fraction of sp³-hybridized carbons (Fsp3) is 0.364. The molecule has 1 amide bonds. The molecule has 0 aliphatic heterocycles. The standard InChI is InChI=1S/C11H12Br3NO2/c12-1-3-17-4-2-15-11(16)8-5-9(13)7-10(14)6-8/h5-7H,1-4H2,(H,15,16). The molecule has 0 fully saturated rings. The van der Waals surface area contributed by atoms with Gasteiger partial charge in [-0.15, -0.1) is 0 Å². The number of carbonyl (C=O) groups is 1. The van der Waals surface area contributed by atoms with Crippen LogP contribution in [0.25, 0.3) is 0 Å². The van der Waals surface area contributed by atoms with E-state index in [4.69, 9.17) is 4.74 Å². The number of carbonyl (C=O) groups excluding carboxylic acids is 1. The van der Waals surface area contributed by atoms with Crippen LogP contribution in [0.2, 0.25) is 0 Å². The van der Waals surface area contributed by atoms with E-state index in [0.717, 1.165) is 14.3 Å². The summed E-state index contributed by atoms with van der Waals surface area (Å²) in [5.41, 5.74) is 0.617. The molecule has 0 saturated carbocycles.